The van der Waals surface area contributed by atoms with Gasteiger partial charge in [-0.25, -0.2) is 9.18 Å². The Hall–Kier alpha value is -2.13. The van der Waals surface area contributed by atoms with Gasteiger partial charge < -0.3 is 10.1 Å². The fraction of sp³-hybridized carbons (Fsp3) is 0.368. The quantitative estimate of drug-likeness (QED) is 0.731. The number of dihydropyridines is 1. The van der Waals surface area contributed by atoms with Crippen LogP contribution in [0.1, 0.15) is 39.2 Å². The van der Waals surface area contributed by atoms with E-state index in [1.807, 2.05) is 20.8 Å². The maximum absolute atomic E-state index is 13.7. The smallest absolute Gasteiger partial charge is 0.336 e. The number of halogens is 2. The molecule has 0 radical (unpaired) electrons. The van der Waals surface area contributed by atoms with E-state index in [4.69, 9.17) is 4.74 Å². The average molecular weight is 407 g/mol. The summed E-state index contributed by atoms with van der Waals surface area (Å²) in [6.45, 7) is 7.74. The van der Waals surface area contributed by atoms with Crippen molar-refractivity contribution in [3.63, 3.8) is 0 Å². The highest BCUT2D eigenvalue weighted by molar-refractivity contribution is 9.10. The third kappa shape index (κ3) is 3.62. The van der Waals surface area contributed by atoms with Gasteiger partial charge in [-0.05, 0) is 40.5 Å². The van der Waals surface area contributed by atoms with Gasteiger partial charge in [-0.15, -0.1) is 0 Å². The van der Waals surface area contributed by atoms with Crippen molar-refractivity contribution in [2.75, 3.05) is 7.11 Å². The van der Waals surface area contributed by atoms with Gasteiger partial charge in [0.15, 0.2) is 0 Å². The van der Waals surface area contributed by atoms with Crippen molar-refractivity contribution in [1.82, 2.24) is 5.32 Å². The molecular weight excluding hydrogens is 387 g/mol. The standard InChI is InChI=1S/C19H20BrFN2O2/c1-10-15(18(24)25-5)16(11-6-7-14(21)13(20)8-11)12(9-22)17(23-10)19(2,3)4/h6-8,16,23H,1-5H3. The van der Waals surface area contributed by atoms with Crippen LogP contribution in [-0.2, 0) is 9.53 Å². The highest BCUT2D eigenvalue weighted by atomic mass is 79.9. The van der Waals surface area contributed by atoms with Gasteiger partial charge in [0.1, 0.15) is 5.82 Å². The van der Waals surface area contributed by atoms with Gasteiger partial charge in [0, 0.05) is 16.8 Å². The zero-order valence-corrected chi connectivity index (χ0v) is 16.4. The summed E-state index contributed by atoms with van der Waals surface area (Å²) in [5, 5.41) is 13.0. The van der Waals surface area contributed by atoms with Crippen LogP contribution < -0.4 is 5.32 Å². The minimum atomic E-state index is -0.621. The number of allylic oxidation sites excluding steroid dienone is 3. The number of methoxy groups -OCH3 is 1. The van der Waals surface area contributed by atoms with Gasteiger partial charge in [0.05, 0.1) is 34.7 Å². The Bertz CT molecular complexity index is 829. The Morgan fingerprint density at radius 3 is 2.52 bits per heavy atom. The van der Waals surface area contributed by atoms with E-state index < -0.39 is 17.7 Å². The first-order chi connectivity index (χ1) is 11.6. The molecule has 1 aromatic rings. The third-order valence-electron chi connectivity index (χ3n) is 4.12. The number of nitriles is 1. The normalized spacial score (nSPS) is 17.9. The molecule has 0 amide bonds. The summed E-state index contributed by atoms with van der Waals surface area (Å²) in [6, 6.07) is 6.74. The fourth-order valence-corrected chi connectivity index (χ4v) is 3.34. The number of nitrogens with zero attached hydrogens (tertiary/aromatic N) is 1. The first-order valence-corrected chi connectivity index (χ1v) is 8.57. The Balaban J connectivity index is 2.78. The Morgan fingerprint density at radius 1 is 1.40 bits per heavy atom. The van der Waals surface area contributed by atoms with Gasteiger partial charge in [0.25, 0.3) is 0 Å². The van der Waals surface area contributed by atoms with Crippen LogP contribution in [-0.4, -0.2) is 13.1 Å². The van der Waals surface area contributed by atoms with Crippen molar-refractivity contribution in [1.29, 1.82) is 5.26 Å². The molecule has 1 aliphatic heterocycles. The van der Waals surface area contributed by atoms with Crippen LogP contribution in [0.3, 0.4) is 0 Å². The van der Waals surface area contributed by atoms with E-state index in [1.54, 1.807) is 19.1 Å². The lowest BCUT2D eigenvalue weighted by atomic mass is 9.76. The number of carbonyl (C=O) groups excluding carboxylic acids is 1. The summed E-state index contributed by atoms with van der Waals surface area (Å²) in [6.07, 6.45) is 0. The maximum atomic E-state index is 13.7. The first kappa shape index (κ1) is 19.2. The number of nitrogens with one attached hydrogen (secondary N) is 1. The molecule has 0 saturated heterocycles. The van der Waals surface area contributed by atoms with Crippen LogP contribution in [0.4, 0.5) is 4.39 Å². The molecule has 0 spiro atoms. The molecule has 0 aliphatic carbocycles. The van der Waals surface area contributed by atoms with Crippen LogP contribution in [0, 0.1) is 22.6 Å². The van der Waals surface area contributed by atoms with Crippen molar-refractivity contribution in [2.24, 2.45) is 5.41 Å². The average Bonchev–Trinajstić information content (AvgIpc) is 2.54. The van der Waals surface area contributed by atoms with Gasteiger partial charge in [-0.1, -0.05) is 26.8 Å². The van der Waals surface area contributed by atoms with E-state index in [-0.39, 0.29) is 9.89 Å². The second-order valence-electron chi connectivity index (χ2n) is 6.91. The second kappa shape index (κ2) is 7.01. The number of ether oxygens (including phenoxy) is 1. The van der Waals surface area contributed by atoms with Crippen molar-refractivity contribution in [3.8, 4) is 6.07 Å². The lowest BCUT2D eigenvalue weighted by Gasteiger charge is -2.35. The molecule has 25 heavy (non-hydrogen) atoms. The number of rotatable bonds is 2. The van der Waals surface area contributed by atoms with Crippen molar-refractivity contribution in [2.45, 2.75) is 33.6 Å². The Kier molecular flexibility index (Phi) is 5.38. The zero-order chi connectivity index (χ0) is 18.9. The molecule has 0 aromatic heterocycles. The van der Waals surface area contributed by atoms with E-state index in [9.17, 15) is 14.4 Å². The summed E-state index contributed by atoms with van der Waals surface area (Å²) in [5.74, 6) is -1.54. The first-order valence-electron chi connectivity index (χ1n) is 7.77. The lowest BCUT2D eigenvalue weighted by molar-refractivity contribution is -0.136. The van der Waals surface area contributed by atoms with E-state index in [0.29, 0.717) is 22.4 Å². The number of benzene rings is 1. The van der Waals surface area contributed by atoms with Crippen LogP contribution in [0.15, 0.2) is 45.2 Å². The Morgan fingerprint density at radius 2 is 2.04 bits per heavy atom. The van der Waals surface area contributed by atoms with Crippen LogP contribution in [0.5, 0.6) is 0 Å². The molecule has 1 unspecified atom stereocenters. The van der Waals surface area contributed by atoms with E-state index in [0.717, 1.165) is 5.70 Å². The van der Waals surface area contributed by atoms with Crippen molar-refractivity contribution in [3.05, 3.63) is 56.6 Å². The van der Waals surface area contributed by atoms with Gasteiger partial charge in [-0.2, -0.15) is 5.26 Å². The fourth-order valence-electron chi connectivity index (χ4n) is 2.95. The third-order valence-corrected chi connectivity index (χ3v) is 4.72. The SMILES string of the molecule is COC(=O)C1=C(C)NC(C(C)(C)C)=C(C#N)C1c1ccc(F)c(Br)c1. The molecule has 0 fully saturated rings. The molecule has 0 bridgehead atoms. The number of hydrogen-bond donors (Lipinski definition) is 1. The molecule has 1 atom stereocenters. The number of esters is 1. The summed E-state index contributed by atoms with van der Waals surface area (Å²) in [5.41, 5.74) is 2.46. The topological polar surface area (TPSA) is 62.1 Å². The Labute approximate surface area is 155 Å². The molecule has 1 N–H and O–H groups in total. The van der Waals surface area contributed by atoms with Gasteiger partial charge in [0.2, 0.25) is 0 Å². The van der Waals surface area contributed by atoms with Crippen molar-refractivity contribution < 1.29 is 13.9 Å². The highest BCUT2D eigenvalue weighted by Gasteiger charge is 2.38. The summed E-state index contributed by atoms with van der Waals surface area (Å²) in [7, 11) is 1.30. The van der Waals surface area contributed by atoms with Gasteiger partial charge >= 0.3 is 5.97 Å². The zero-order valence-electron chi connectivity index (χ0n) is 14.8. The minimum Gasteiger partial charge on any atom is -0.466 e. The second-order valence-corrected chi connectivity index (χ2v) is 7.77. The van der Waals surface area contributed by atoms with Crippen LogP contribution in [0.2, 0.25) is 0 Å². The van der Waals surface area contributed by atoms with E-state index >= 15 is 0 Å². The number of hydrogen-bond acceptors (Lipinski definition) is 4. The number of carbonyl (C=O) groups is 1. The molecule has 4 nitrogen and oxygen atoms in total. The molecule has 6 heteroatoms. The predicted molar refractivity (Wildman–Crippen MR) is 96.8 cm³/mol. The maximum Gasteiger partial charge on any atom is 0.336 e. The summed E-state index contributed by atoms with van der Waals surface area (Å²) < 4.78 is 18.9. The monoisotopic (exact) mass is 406 g/mol. The molecule has 1 heterocycles. The minimum absolute atomic E-state index is 0.278. The van der Waals surface area contributed by atoms with E-state index in [2.05, 4.69) is 27.3 Å². The molecule has 1 aliphatic rings. The molecule has 2 rings (SSSR count). The molecule has 0 saturated carbocycles. The highest BCUT2D eigenvalue weighted by Crippen LogP contribution is 2.43. The van der Waals surface area contributed by atoms with Gasteiger partial charge in [-0.3, -0.25) is 0 Å². The molecular formula is C19H20BrFN2O2. The van der Waals surface area contributed by atoms with Crippen molar-refractivity contribution >= 4 is 21.9 Å². The lowest BCUT2D eigenvalue weighted by Crippen LogP contribution is -2.34. The summed E-state index contributed by atoms with van der Waals surface area (Å²) in [4.78, 5) is 12.4. The largest absolute Gasteiger partial charge is 0.466 e. The molecule has 1 aromatic carbocycles. The predicted octanol–water partition coefficient (Wildman–Crippen LogP) is 4.55. The van der Waals surface area contributed by atoms with Crippen LogP contribution in [0.25, 0.3) is 0 Å². The summed E-state index contributed by atoms with van der Waals surface area (Å²) >= 11 is 3.18. The van der Waals surface area contributed by atoms with Crippen LogP contribution >= 0.6 is 15.9 Å². The molecule has 132 valence electrons. The van der Waals surface area contributed by atoms with E-state index in [1.165, 1.54) is 13.2 Å².